The van der Waals surface area contributed by atoms with Gasteiger partial charge in [0.1, 0.15) is 0 Å². The van der Waals surface area contributed by atoms with E-state index in [-0.39, 0.29) is 31.0 Å². The second-order valence-corrected chi connectivity index (χ2v) is 9.20. The van der Waals surface area contributed by atoms with Gasteiger partial charge in [-0.1, -0.05) is 30.3 Å². The second-order valence-electron chi connectivity index (χ2n) is 7.26. The first kappa shape index (κ1) is 19.9. The zero-order valence-electron chi connectivity index (χ0n) is 15.4. The number of hydrogen-bond acceptors (Lipinski definition) is 3. The van der Waals surface area contributed by atoms with Gasteiger partial charge in [-0.15, -0.1) is 0 Å². The van der Waals surface area contributed by atoms with Crippen molar-refractivity contribution in [2.45, 2.75) is 37.0 Å². The van der Waals surface area contributed by atoms with Crippen LogP contribution in [0.2, 0.25) is 0 Å². The zero-order chi connectivity index (χ0) is 20.8. The van der Waals surface area contributed by atoms with E-state index in [4.69, 9.17) is 0 Å². The van der Waals surface area contributed by atoms with E-state index in [9.17, 15) is 26.4 Å². The predicted octanol–water partition coefficient (Wildman–Crippen LogP) is 2.88. The number of carbonyl (C=O) groups is 1. The molecule has 2 aliphatic heterocycles. The summed E-state index contributed by atoms with van der Waals surface area (Å²) in [6.45, 7) is 0.309. The SMILES string of the molecule is O=C(N1CCc2ccc(S(=O)(=O)N3CCc4ccccc4C3)cc2C1)C(F)(F)F. The first-order chi connectivity index (χ1) is 13.7. The summed E-state index contributed by atoms with van der Waals surface area (Å²) in [6, 6.07) is 12.2. The minimum Gasteiger partial charge on any atom is -0.330 e. The Bertz CT molecular complexity index is 1070. The van der Waals surface area contributed by atoms with E-state index in [2.05, 4.69) is 0 Å². The maximum absolute atomic E-state index is 13.1. The zero-order valence-corrected chi connectivity index (χ0v) is 16.3. The van der Waals surface area contributed by atoms with Crippen LogP contribution >= 0.6 is 0 Å². The Labute approximate surface area is 166 Å². The Morgan fingerprint density at radius 2 is 1.52 bits per heavy atom. The topological polar surface area (TPSA) is 57.7 Å². The Kier molecular flexibility index (Phi) is 4.90. The molecule has 2 aromatic rings. The molecule has 9 heteroatoms. The summed E-state index contributed by atoms with van der Waals surface area (Å²) in [4.78, 5) is 12.3. The highest BCUT2D eigenvalue weighted by molar-refractivity contribution is 7.89. The number of sulfonamides is 1. The first-order valence-corrected chi connectivity index (χ1v) is 10.6. The molecule has 2 heterocycles. The van der Waals surface area contributed by atoms with Gasteiger partial charge in [0, 0.05) is 26.2 Å². The molecule has 4 rings (SSSR count). The summed E-state index contributed by atoms with van der Waals surface area (Å²) in [5.41, 5.74) is 3.26. The maximum atomic E-state index is 13.1. The van der Waals surface area contributed by atoms with Gasteiger partial charge in [0.05, 0.1) is 4.90 Å². The number of hydrogen-bond donors (Lipinski definition) is 0. The van der Waals surface area contributed by atoms with Crippen molar-refractivity contribution in [2.24, 2.45) is 0 Å². The van der Waals surface area contributed by atoms with Gasteiger partial charge in [0.2, 0.25) is 10.0 Å². The number of benzene rings is 2. The lowest BCUT2D eigenvalue weighted by Crippen LogP contribution is -2.43. The van der Waals surface area contributed by atoms with E-state index in [0.717, 1.165) is 21.6 Å². The molecule has 154 valence electrons. The molecule has 2 aliphatic rings. The van der Waals surface area contributed by atoms with E-state index in [1.165, 1.54) is 16.4 Å². The molecule has 29 heavy (non-hydrogen) atoms. The summed E-state index contributed by atoms with van der Waals surface area (Å²) in [6.07, 6.45) is -4.08. The van der Waals surface area contributed by atoms with Crippen molar-refractivity contribution >= 4 is 15.9 Å². The van der Waals surface area contributed by atoms with E-state index in [0.29, 0.717) is 18.5 Å². The molecule has 0 radical (unpaired) electrons. The number of nitrogens with zero attached hydrogens (tertiary/aromatic N) is 2. The first-order valence-electron chi connectivity index (χ1n) is 9.21. The lowest BCUT2D eigenvalue weighted by atomic mass is 10.00. The molecule has 0 unspecified atom stereocenters. The monoisotopic (exact) mass is 424 g/mol. The van der Waals surface area contributed by atoms with Gasteiger partial charge in [-0.2, -0.15) is 17.5 Å². The lowest BCUT2D eigenvalue weighted by Gasteiger charge is -2.31. The fraction of sp³-hybridized carbons (Fsp3) is 0.350. The largest absolute Gasteiger partial charge is 0.471 e. The number of fused-ring (bicyclic) bond motifs is 2. The fourth-order valence-corrected chi connectivity index (χ4v) is 5.34. The normalized spacial score (nSPS) is 17.6. The highest BCUT2D eigenvalue weighted by Crippen LogP contribution is 2.29. The van der Waals surface area contributed by atoms with E-state index < -0.39 is 22.1 Å². The molecule has 2 aromatic carbocycles. The van der Waals surface area contributed by atoms with Gasteiger partial charge in [-0.05, 0) is 47.2 Å². The van der Waals surface area contributed by atoms with Gasteiger partial charge in [0.25, 0.3) is 0 Å². The van der Waals surface area contributed by atoms with Crippen LogP contribution in [0.15, 0.2) is 47.4 Å². The van der Waals surface area contributed by atoms with Gasteiger partial charge in [0.15, 0.2) is 0 Å². The quantitative estimate of drug-likeness (QED) is 0.745. The standard InChI is InChI=1S/C20H19F3N2O3S/c21-20(22,23)19(26)24-9-7-15-5-6-18(11-17(15)12-24)29(27,28)25-10-8-14-3-1-2-4-16(14)13-25/h1-6,11H,7-10,12-13H2. The number of alkyl halides is 3. The van der Waals surface area contributed by atoms with Gasteiger partial charge in [-0.3, -0.25) is 4.79 Å². The van der Waals surface area contributed by atoms with Crippen LogP contribution in [0.25, 0.3) is 0 Å². The lowest BCUT2D eigenvalue weighted by molar-refractivity contribution is -0.186. The highest BCUT2D eigenvalue weighted by atomic mass is 32.2. The van der Waals surface area contributed by atoms with Crippen LogP contribution in [0.5, 0.6) is 0 Å². The average molecular weight is 424 g/mol. The molecule has 0 N–H and O–H groups in total. The average Bonchev–Trinajstić information content (AvgIpc) is 2.71. The molecular weight excluding hydrogens is 405 g/mol. The fourth-order valence-electron chi connectivity index (χ4n) is 3.87. The number of amides is 1. The molecule has 0 aromatic heterocycles. The Morgan fingerprint density at radius 3 is 2.24 bits per heavy atom. The van der Waals surface area contributed by atoms with Crippen LogP contribution in [0.3, 0.4) is 0 Å². The molecule has 0 spiro atoms. The summed E-state index contributed by atoms with van der Waals surface area (Å²) >= 11 is 0. The molecule has 1 amide bonds. The summed E-state index contributed by atoms with van der Waals surface area (Å²) in [5, 5.41) is 0. The van der Waals surface area contributed by atoms with Crippen molar-refractivity contribution in [3.8, 4) is 0 Å². The third kappa shape index (κ3) is 3.76. The van der Waals surface area contributed by atoms with E-state index in [1.54, 1.807) is 6.07 Å². The highest BCUT2D eigenvalue weighted by Gasteiger charge is 2.43. The van der Waals surface area contributed by atoms with Crippen LogP contribution in [0, 0.1) is 0 Å². The summed E-state index contributed by atoms with van der Waals surface area (Å²) < 4.78 is 65.9. The summed E-state index contributed by atoms with van der Waals surface area (Å²) in [7, 11) is -3.80. The molecule has 0 bridgehead atoms. The van der Waals surface area contributed by atoms with Crippen LogP contribution in [0.4, 0.5) is 13.2 Å². The van der Waals surface area contributed by atoms with Crippen LogP contribution < -0.4 is 0 Å². The minimum absolute atomic E-state index is 0.0388. The van der Waals surface area contributed by atoms with E-state index >= 15 is 0 Å². The van der Waals surface area contributed by atoms with Crippen molar-refractivity contribution in [3.05, 3.63) is 64.7 Å². The second kappa shape index (κ2) is 7.14. The van der Waals surface area contributed by atoms with Crippen molar-refractivity contribution in [2.75, 3.05) is 13.1 Å². The Hall–Kier alpha value is -2.39. The molecular formula is C20H19F3N2O3S. The maximum Gasteiger partial charge on any atom is 0.471 e. The van der Waals surface area contributed by atoms with Crippen molar-refractivity contribution in [1.82, 2.24) is 9.21 Å². The number of rotatable bonds is 2. The molecule has 0 atom stereocenters. The van der Waals surface area contributed by atoms with Crippen molar-refractivity contribution in [3.63, 3.8) is 0 Å². The van der Waals surface area contributed by atoms with Crippen molar-refractivity contribution in [1.29, 1.82) is 0 Å². The molecule has 5 nitrogen and oxygen atoms in total. The van der Waals surface area contributed by atoms with Gasteiger partial charge < -0.3 is 4.90 Å². The number of halogens is 3. The predicted molar refractivity (Wildman–Crippen MR) is 99.4 cm³/mol. The molecule has 0 aliphatic carbocycles. The van der Waals surface area contributed by atoms with E-state index in [1.807, 2.05) is 24.3 Å². The van der Waals surface area contributed by atoms with Gasteiger partial charge in [-0.25, -0.2) is 8.42 Å². The Balaban J connectivity index is 1.60. The van der Waals surface area contributed by atoms with Crippen LogP contribution in [0.1, 0.15) is 22.3 Å². The molecule has 0 saturated heterocycles. The molecule has 0 fully saturated rings. The van der Waals surface area contributed by atoms with Crippen molar-refractivity contribution < 1.29 is 26.4 Å². The third-order valence-electron chi connectivity index (χ3n) is 5.45. The number of carbonyl (C=O) groups excluding carboxylic acids is 1. The smallest absolute Gasteiger partial charge is 0.330 e. The minimum atomic E-state index is -4.94. The Morgan fingerprint density at radius 1 is 0.862 bits per heavy atom. The van der Waals surface area contributed by atoms with Gasteiger partial charge >= 0.3 is 12.1 Å². The summed E-state index contributed by atoms with van der Waals surface area (Å²) in [5.74, 6) is -1.90. The van der Waals surface area contributed by atoms with Crippen LogP contribution in [-0.2, 0) is 40.7 Å². The van der Waals surface area contributed by atoms with Crippen LogP contribution in [-0.4, -0.2) is 42.8 Å². The third-order valence-corrected chi connectivity index (χ3v) is 7.29. The molecule has 0 saturated carbocycles.